The molecule has 0 saturated carbocycles. The Morgan fingerprint density at radius 2 is 1.90 bits per heavy atom. The summed E-state index contributed by atoms with van der Waals surface area (Å²) >= 11 is 6.84. The van der Waals surface area contributed by atoms with Crippen molar-refractivity contribution < 1.29 is 0 Å². The van der Waals surface area contributed by atoms with Gasteiger partial charge in [-0.15, -0.1) is 11.3 Å². The van der Waals surface area contributed by atoms with Gasteiger partial charge in [-0.3, -0.25) is 0 Å². The summed E-state index contributed by atoms with van der Waals surface area (Å²) in [6.45, 7) is 0.735. The number of thiocarbonyl (C=S) groups is 1. The number of hydrogen-bond acceptors (Lipinski definition) is 4. The van der Waals surface area contributed by atoms with E-state index in [4.69, 9.17) is 18.0 Å². The molecule has 1 heterocycles. The normalized spacial score (nSPS) is 10.7. The van der Waals surface area contributed by atoms with Gasteiger partial charge in [0.25, 0.3) is 0 Å². The molecule has 3 rings (SSSR count). The highest BCUT2D eigenvalue weighted by molar-refractivity contribution is 7.80. The molecule has 21 heavy (non-hydrogen) atoms. The number of thiazole rings is 1. The Hall–Kier alpha value is -1.98. The topological polar surface area (TPSA) is 42.2 Å². The van der Waals surface area contributed by atoms with E-state index >= 15 is 0 Å². The average molecular weight is 313 g/mol. The number of fused-ring (bicyclic) bond motifs is 1. The van der Waals surface area contributed by atoms with Crippen LogP contribution in [-0.4, -0.2) is 17.0 Å². The summed E-state index contributed by atoms with van der Waals surface area (Å²) < 4.78 is 1.21. The Labute approximate surface area is 133 Å². The van der Waals surface area contributed by atoms with Crippen molar-refractivity contribution in [1.29, 1.82) is 0 Å². The van der Waals surface area contributed by atoms with Gasteiger partial charge < -0.3 is 10.6 Å². The van der Waals surface area contributed by atoms with Gasteiger partial charge in [0.1, 0.15) is 10.00 Å². The molecular weight excluding hydrogens is 298 g/mol. The van der Waals surface area contributed by atoms with E-state index in [-0.39, 0.29) is 0 Å². The standard InChI is InChI=1S/C16H15N3S2/c1-19(13-8-4-2-6-11(13)16(17)20)10-15-18-12-7-3-5-9-14(12)21-15/h2-9H,10H2,1H3,(H2,17,20). The van der Waals surface area contributed by atoms with Gasteiger partial charge in [0.15, 0.2) is 0 Å². The number of nitrogens with two attached hydrogens (primary N) is 1. The predicted molar refractivity (Wildman–Crippen MR) is 94.1 cm³/mol. The molecule has 0 aliphatic rings. The summed E-state index contributed by atoms with van der Waals surface area (Å²) in [5.74, 6) is 0. The van der Waals surface area contributed by atoms with E-state index in [1.54, 1.807) is 11.3 Å². The highest BCUT2D eigenvalue weighted by atomic mass is 32.1. The molecule has 0 atom stereocenters. The molecule has 0 spiro atoms. The zero-order chi connectivity index (χ0) is 14.8. The van der Waals surface area contributed by atoms with Gasteiger partial charge in [0.05, 0.1) is 16.8 Å². The maximum Gasteiger partial charge on any atom is 0.113 e. The van der Waals surface area contributed by atoms with Gasteiger partial charge in [-0.2, -0.15) is 0 Å². The van der Waals surface area contributed by atoms with Gasteiger partial charge in [-0.25, -0.2) is 4.98 Å². The van der Waals surface area contributed by atoms with Crippen molar-refractivity contribution >= 4 is 44.4 Å². The lowest BCUT2D eigenvalue weighted by atomic mass is 10.1. The fourth-order valence-electron chi connectivity index (χ4n) is 2.29. The Balaban J connectivity index is 1.89. The third-order valence-electron chi connectivity index (χ3n) is 3.29. The van der Waals surface area contributed by atoms with Crippen molar-refractivity contribution in [3.63, 3.8) is 0 Å². The molecular formula is C16H15N3S2. The molecule has 3 nitrogen and oxygen atoms in total. The highest BCUT2D eigenvalue weighted by Crippen LogP contribution is 2.25. The zero-order valence-corrected chi connectivity index (χ0v) is 13.2. The van der Waals surface area contributed by atoms with Crippen LogP contribution in [0.25, 0.3) is 10.2 Å². The molecule has 106 valence electrons. The van der Waals surface area contributed by atoms with Crippen molar-refractivity contribution in [3.8, 4) is 0 Å². The van der Waals surface area contributed by atoms with Crippen LogP contribution in [0, 0.1) is 0 Å². The van der Waals surface area contributed by atoms with E-state index in [1.807, 2.05) is 49.5 Å². The molecule has 0 amide bonds. The molecule has 1 aromatic heterocycles. The van der Waals surface area contributed by atoms with Crippen LogP contribution < -0.4 is 10.6 Å². The lowest BCUT2D eigenvalue weighted by Crippen LogP contribution is -2.21. The van der Waals surface area contributed by atoms with E-state index in [0.717, 1.165) is 28.3 Å². The van der Waals surface area contributed by atoms with Gasteiger partial charge >= 0.3 is 0 Å². The average Bonchev–Trinajstić information content (AvgIpc) is 2.89. The maximum absolute atomic E-state index is 5.80. The molecule has 2 aromatic carbocycles. The molecule has 0 radical (unpaired) electrons. The fourth-order valence-corrected chi connectivity index (χ4v) is 3.48. The first-order chi connectivity index (χ1) is 10.1. The first kappa shape index (κ1) is 14.0. The Kier molecular flexibility index (Phi) is 3.86. The van der Waals surface area contributed by atoms with Crippen LogP contribution in [0.3, 0.4) is 0 Å². The molecule has 2 N–H and O–H groups in total. The molecule has 0 aliphatic carbocycles. The van der Waals surface area contributed by atoms with E-state index in [1.165, 1.54) is 4.70 Å². The second kappa shape index (κ2) is 5.79. The first-order valence-electron chi connectivity index (χ1n) is 6.59. The SMILES string of the molecule is CN(Cc1nc2ccccc2s1)c1ccccc1C(N)=S. The quantitative estimate of drug-likeness (QED) is 0.748. The summed E-state index contributed by atoms with van der Waals surface area (Å²) in [6.07, 6.45) is 0. The lowest BCUT2D eigenvalue weighted by molar-refractivity contribution is 0.913. The number of rotatable bonds is 4. The minimum absolute atomic E-state index is 0.418. The third kappa shape index (κ3) is 2.89. The predicted octanol–water partition coefficient (Wildman–Crippen LogP) is 3.57. The number of para-hydroxylation sites is 2. The van der Waals surface area contributed by atoms with Crippen LogP contribution in [0.2, 0.25) is 0 Å². The van der Waals surface area contributed by atoms with Crippen LogP contribution in [0.1, 0.15) is 10.6 Å². The highest BCUT2D eigenvalue weighted by Gasteiger charge is 2.11. The summed E-state index contributed by atoms with van der Waals surface area (Å²) in [7, 11) is 2.03. The third-order valence-corrected chi connectivity index (χ3v) is 4.53. The minimum Gasteiger partial charge on any atom is -0.389 e. The fraction of sp³-hybridized carbons (Fsp3) is 0.125. The summed E-state index contributed by atoms with van der Waals surface area (Å²) in [5, 5.41) is 1.08. The van der Waals surface area contributed by atoms with Crippen LogP contribution >= 0.6 is 23.6 Å². The van der Waals surface area contributed by atoms with E-state index in [0.29, 0.717) is 4.99 Å². The van der Waals surface area contributed by atoms with Crippen molar-refractivity contribution in [1.82, 2.24) is 4.98 Å². The van der Waals surface area contributed by atoms with Crippen LogP contribution in [0.15, 0.2) is 48.5 Å². The smallest absolute Gasteiger partial charge is 0.113 e. The van der Waals surface area contributed by atoms with Crippen molar-refractivity contribution in [3.05, 3.63) is 59.1 Å². The van der Waals surface area contributed by atoms with Gasteiger partial charge in [-0.05, 0) is 24.3 Å². The molecule has 0 saturated heterocycles. The monoisotopic (exact) mass is 313 g/mol. The molecule has 5 heteroatoms. The zero-order valence-electron chi connectivity index (χ0n) is 11.6. The van der Waals surface area contributed by atoms with E-state index in [9.17, 15) is 0 Å². The number of hydrogen-bond donors (Lipinski definition) is 1. The van der Waals surface area contributed by atoms with Crippen molar-refractivity contribution in [2.45, 2.75) is 6.54 Å². The Morgan fingerprint density at radius 1 is 1.19 bits per heavy atom. The number of benzene rings is 2. The lowest BCUT2D eigenvalue weighted by Gasteiger charge is -2.20. The summed E-state index contributed by atoms with van der Waals surface area (Å²) in [4.78, 5) is 7.21. The summed E-state index contributed by atoms with van der Waals surface area (Å²) in [5.41, 5.74) is 8.78. The molecule has 0 fully saturated rings. The van der Waals surface area contributed by atoms with Crippen molar-refractivity contribution in [2.24, 2.45) is 5.73 Å². The van der Waals surface area contributed by atoms with Crippen LogP contribution in [-0.2, 0) is 6.54 Å². The molecule has 0 bridgehead atoms. The minimum atomic E-state index is 0.418. The second-order valence-corrected chi connectivity index (χ2v) is 6.37. The molecule has 0 aliphatic heterocycles. The Morgan fingerprint density at radius 3 is 2.67 bits per heavy atom. The van der Waals surface area contributed by atoms with Gasteiger partial charge in [0.2, 0.25) is 0 Å². The Bertz CT molecular complexity index is 762. The van der Waals surface area contributed by atoms with Gasteiger partial charge in [0, 0.05) is 18.3 Å². The number of anilines is 1. The number of aromatic nitrogens is 1. The second-order valence-electron chi connectivity index (χ2n) is 4.81. The summed E-state index contributed by atoms with van der Waals surface area (Å²) in [6, 6.07) is 16.1. The molecule has 3 aromatic rings. The van der Waals surface area contributed by atoms with Gasteiger partial charge in [-0.1, -0.05) is 36.5 Å². The number of nitrogens with zero attached hydrogens (tertiary/aromatic N) is 2. The van der Waals surface area contributed by atoms with Crippen LogP contribution in [0.4, 0.5) is 5.69 Å². The molecule has 0 unspecified atom stereocenters. The first-order valence-corrected chi connectivity index (χ1v) is 7.82. The van der Waals surface area contributed by atoms with E-state index < -0.39 is 0 Å². The maximum atomic E-state index is 5.80. The largest absolute Gasteiger partial charge is 0.389 e. The van der Waals surface area contributed by atoms with Crippen molar-refractivity contribution in [2.75, 3.05) is 11.9 Å². The van der Waals surface area contributed by atoms with Crippen LogP contribution in [0.5, 0.6) is 0 Å². The van der Waals surface area contributed by atoms with E-state index in [2.05, 4.69) is 16.0 Å².